The Morgan fingerprint density at radius 3 is 2.11 bits per heavy atom. The van der Waals surface area contributed by atoms with Crippen LogP contribution in [0.15, 0.2) is 71.3 Å². The van der Waals surface area contributed by atoms with Crippen molar-refractivity contribution in [1.82, 2.24) is 4.90 Å². The number of fused-ring (bicyclic) bond motifs is 1. The van der Waals surface area contributed by atoms with Crippen molar-refractivity contribution < 1.29 is 23.9 Å². The third-order valence-electron chi connectivity index (χ3n) is 7.39. The molecule has 0 radical (unpaired) electrons. The van der Waals surface area contributed by atoms with Gasteiger partial charge in [-0.25, -0.2) is 4.79 Å². The van der Waals surface area contributed by atoms with Crippen LogP contribution >= 0.6 is 11.8 Å². The minimum Gasteiger partial charge on any atom is -0.448 e. The Bertz CT molecular complexity index is 1090. The minimum atomic E-state index is -1.91. The molecule has 8 heteroatoms. The summed E-state index contributed by atoms with van der Waals surface area (Å²) in [5.41, 5.74) is 1.83. The molecule has 1 saturated heterocycles. The number of thioether (sulfide) groups is 1. The molecule has 0 aliphatic carbocycles. The average Bonchev–Trinajstić information content (AvgIpc) is 3.20. The SMILES string of the molecule is CC(C)(C)[Si](C)(C)OCC[C@H]1C(=O)N2C(C(=O)OC(c3ccccc3)c3ccccc3)=C(CO)S[C@H]12. The number of carbonyl (C=O) groups excluding carboxylic acids is 2. The summed E-state index contributed by atoms with van der Waals surface area (Å²) in [5.74, 6) is -0.959. The smallest absolute Gasteiger partial charge is 0.356 e. The minimum absolute atomic E-state index is 0.0986. The molecule has 36 heavy (non-hydrogen) atoms. The van der Waals surface area contributed by atoms with E-state index in [2.05, 4.69) is 33.9 Å². The monoisotopic (exact) mass is 525 g/mol. The summed E-state index contributed by atoms with van der Waals surface area (Å²) in [5, 5.41) is 9.91. The molecule has 1 fully saturated rings. The van der Waals surface area contributed by atoms with Crippen LogP contribution in [0, 0.1) is 5.92 Å². The molecule has 2 aliphatic heterocycles. The number of benzene rings is 2. The second-order valence-corrected chi connectivity index (χ2v) is 16.8. The van der Waals surface area contributed by atoms with Crippen LogP contribution in [-0.4, -0.2) is 48.8 Å². The Morgan fingerprint density at radius 2 is 1.61 bits per heavy atom. The van der Waals surface area contributed by atoms with Crippen LogP contribution in [-0.2, 0) is 18.8 Å². The van der Waals surface area contributed by atoms with E-state index in [0.717, 1.165) is 11.1 Å². The first-order valence-corrected chi connectivity index (χ1v) is 16.1. The number of carbonyl (C=O) groups is 2. The summed E-state index contributed by atoms with van der Waals surface area (Å²) in [6.07, 6.45) is -0.0291. The Morgan fingerprint density at radius 1 is 1.06 bits per heavy atom. The molecule has 2 aromatic carbocycles. The van der Waals surface area contributed by atoms with Gasteiger partial charge in [0.1, 0.15) is 5.70 Å². The topological polar surface area (TPSA) is 76.1 Å². The van der Waals surface area contributed by atoms with Crippen LogP contribution in [0.2, 0.25) is 18.1 Å². The number of aliphatic hydroxyl groups excluding tert-OH is 1. The molecule has 0 spiro atoms. The summed E-state index contributed by atoms with van der Waals surface area (Å²) < 4.78 is 12.3. The first-order chi connectivity index (χ1) is 17.0. The highest BCUT2D eigenvalue weighted by atomic mass is 32.2. The van der Waals surface area contributed by atoms with Gasteiger partial charge in [-0.2, -0.15) is 0 Å². The number of β-lactam (4-membered cyclic amide) rings is 1. The fourth-order valence-corrected chi connectivity index (χ4v) is 6.68. The molecule has 192 valence electrons. The summed E-state index contributed by atoms with van der Waals surface area (Å²) in [6, 6.07) is 19.0. The van der Waals surface area contributed by atoms with Gasteiger partial charge < -0.3 is 14.3 Å². The van der Waals surface area contributed by atoms with E-state index in [1.807, 2.05) is 60.7 Å². The van der Waals surface area contributed by atoms with E-state index in [9.17, 15) is 14.7 Å². The van der Waals surface area contributed by atoms with Gasteiger partial charge in [-0.15, -0.1) is 0 Å². The van der Waals surface area contributed by atoms with Crippen LogP contribution in [0.4, 0.5) is 0 Å². The van der Waals surface area contributed by atoms with Crippen molar-refractivity contribution in [3.63, 3.8) is 0 Å². The Kier molecular flexibility index (Phi) is 7.80. The summed E-state index contributed by atoms with van der Waals surface area (Å²) in [4.78, 5) is 28.6. The number of rotatable bonds is 9. The van der Waals surface area contributed by atoms with Crippen LogP contribution in [0.25, 0.3) is 0 Å². The summed E-state index contributed by atoms with van der Waals surface area (Å²) >= 11 is 1.38. The lowest BCUT2D eigenvalue weighted by molar-refractivity contribution is -0.156. The maximum atomic E-state index is 13.5. The molecular formula is C28H35NO5SSi. The molecule has 2 heterocycles. The zero-order valence-corrected chi connectivity index (χ0v) is 23.4. The summed E-state index contributed by atoms with van der Waals surface area (Å²) in [6.45, 7) is 11.2. The van der Waals surface area contributed by atoms with Crippen molar-refractivity contribution in [3.05, 3.63) is 82.4 Å². The fraction of sp³-hybridized carbons (Fsp3) is 0.429. The van der Waals surface area contributed by atoms with Gasteiger partial charge >= 0.3 is 5.97 Å². The molecular weight excluding hydrogens is 490 g/mol. The lowest BCUT2D eigenvalue weighted by Crippen LogP contribution is -2.57. The van der Waals surface area contributed by atoms with E-state index in [4.69, 9.17) is 9.16 Å². The molecule has 2 atom stereocenters. The van der Waals surface area contributed by atoms with Crippen molar-refractivity contribution >= 4 is 32.0 Å². The van der Waals surface area contributed by atoms with Gasteiger partial charge in [0, 0.05) is 11.5 Å². The summed E-state index contributed by atoms with van der Waals surface area (Å²) in [7, 11) is -1.91. The van der Waals surface area contributed by atoms with Crippen LogP contribution in [0.3, 0.4) is 0 Å². The highest BCUT2D eigenvalue weighted by molar-refractivity contribution is 8.04. The molecule has 4 rings (SSSR count). The highest BCUT2D eigenvalue weighted by Crippen LogP contribution is 2.51. The predicted octanol–water partition coefficient (Wildman–Crippen LogP) is 5.47. The van der Waals surface area contributed by atoms with Gasteiger partial charge in [-0.3, -0.25) is 9.69 Å². The Labute approximate surface area is 218 Å². The van der Waals surface area contributed by atoms with Gasteiger partial charge in [0.2, 0.25) is 5.91 Å². The molecule has 1 amide bonds. The number of amides is 1. The standard InChI is InChI=1S/C28H35NO5SSi/c1-28(2,3)36(4,5)33-17-16-21-25(31)29-23(22(18-30)35-26(21)29)27(32)34-24(19-12-8-6-9-13-19)20-14-10-7-11-15-20/h6-15,21,24,26,30H,16-18H2,1-5H3/t21-,26+/m0/s1. The van der Waals surface area contributed by atoms with Crippen LogP contribution in [0.5, 0.6) is 0 Å². The van der Waals surface area contributed by atoms with Gasteiger partial charge in [0.15, 0.2) is 14.4 Å². The maximum Gasteiger partial charge on any atom is 0.356 e. The van der Waals surface area contributed by atoms with Gasteiger partial charge in [0.05, 0.1) is 17.9 Å². The molecule has 0 saturated carbocycles. The third kappa shape index (κ3) is 5.18. The normalized spacial score (nSPS) is 20.0. The largest absolute Gasteiger partial charge is 0.448 e. The number of aliphatic hydroxyl groups is 1. The van der Waals surface area contributed by atoms with Gasteiger partial charge in [-0.05, 0) is 35.7 Å². The zero-order valence-electron chi connectivity index (χ0n) is 21.6. The molecule has 2 aromatic rings. The van der Waals surface area contributed by atoms with Crippen LogP contribution in [0.1, 0.15) is 44.4 Å². The van der Waals surface area contributed by atoms with E-state index in [0.29, 0.717) is 17.9 Å². The van der Waals surface area contributed by atoms with E-state index in [-0.39, 0.29) is 34.5 Å². The first-order valence-electron chi connectivity index (χ1n) is 12.3. The number of nitrogens with zero attached hydrogens (tertiary/aromatic N) is 1. The molecule has 1 N–H and O–H groups in total. The molecule has 0 bridgehead atoms. The molecule has 0 aromatic heterocycles. The first kappa shape index (κ1) is 26.7. The van der Waals surface area contributed by atoms with E-state index in [1.165, 1.54) is 16.7 Å². The average molecular weight is 526 g/mol. The maximum absolute atomic E-state index is 13.5. The van der Waals surface area contributed by atoms with Gasteiger partial charge in [0.25, 0.3) is 0 Å². The van der Waals surface area contributed by atoms with E-state index in [1.54, 1.807) is 0 Å². The number of hydrogen-bond acceptors (Lipinski definition) is 6. The Balaban J connectivity index is 1.48. The van der Waals surface area contributed by atoms with Crippen LogP contribution < -0.4 is 0 Å². The third-order valence-corrected chi connectivity index (χ3v) is 13.3. The van der Waals surface area contributed by atoms with Crippen molar-refractivity contribution in [2.75, 3.05) is 13.2 Å². The van der Waals surface area contributed by atoms with Crippen molar-refractivity contribution in [1.29, 1.82) is 0 Å². The number of esters is 1. The zero-order chi connectivity index (χ0) is 26.1. The number of ether oxygens (including phenoxy) is 1. The van der Waals surface area contributed by atoms with E-state index < -0.39 is 20.4 Å². The fourth-order valence-electron chi connectivity index (χ4n) is 4.23. The molecule has 6 nitrogen and oxygen atoms in total. The van der Waals surface area contributed by atoms with Crippen molar-refractivity contribution in [2.24, 2.45) is 5.92 Å². The molecule has 2 aliphatic rings. The van der Waals surface area contributed by atoms with Crippen molar-refractivity contribution in [3.8, 4) is 0 Å². The lowest BCUT2D eigenvalue weighted by Gasteiger charge is -2.43. The second-order valence-electron chi connectivity index (χ2n) is 10.8. The second kappa shape index (κ2) is 10.5. The molecule has 0 unspecified atom stereocenters. The van der Waals surface area contributed by atoms with E-state index >= 15 is 0 Å². The highest BCUT2D eigenvalue weighted by Gasteiger charge is 2.56. The quantitative estimate of drug-likeness (QED) is 0.266. The van der Waals surface area contributed by atoms with Crippen molar-refractivity contribution in [2.45, 2.75) is 56.8 Å². The Hall–Kier alpha value is -2.39. The lowest BCUT2D eigenvalue weighted by atomic mass is 9.94. The number of hydrogen-bond donors (Lipinski definition) is 1. The van der Waals surface area contributed by atoms with Gasteiger partial charge in [-0.1, -0.05) is 93.2 Å². The predicted molar refractivity (Wildman–Crippen MR) is 144 cm³/mol.